The first-order valence-corrected chi connectivity index (χ1v) is 33.5. The quantitative estimate of drug-likeness (QED) is 0.0208. The fourth-order valence-corrected chi connectivity index (χ4v) is 9.68. The largest absolute Gasteiger partial charge is 0.466 e. The highest BCUT2D eigenvalue weighted by atomic mass is 16.5. The van der Waals surface area contributed by atoms with E-state index in [2.05, 4.69) is 49.5 Å². The van der Waals surface area contributed by atoms with Gasteiger partial charge in [0.25, 0.3) is 0 Å². The van der Waals surface area contributed by atoms with Gasteiger partial charge in [-0.1, -0.05) is 129 Å². The van der Waals surface area contributed by atoms with Crippen molar-refractivity contribution in [1.29, 1.82) is 0 Å². The van der Waals surface area contributed by atoms with E-state index in [0.717, 1.165) is 205 Å². The number of unbranched alkanes of at least 4 members (excludes halogenated alkanes) is 23. The highest BCUT2D eigenvalue weighted by Gasteiger charge is 2.22. The molecule has 0 aromatic heterocycles. The van der Waals surface area contributed by atoms with Gasteiger partial charge in [-0.15, -0.1) is 0 Å². The average Bonchev–Trinajstić information content (AvgIpc) is 3.69. The lowest BCUT2D eigenvalue weighted by molar-refractivity contribution is -0.144. The molecule has 86 heavy (non-hydrogen) atoms. The highest BCUT2D eigenvalue weighted by molar-refractivity contribution is 5.94. The molecule has 498 valence electrons. The number of imide groups is 2. The van der Waals surface area contributed by atoms with E-state index < -0.39 is 24.1 Å². The third kappa shape index (κ3) is 53.7. The predicted molar refractivity (Wildman–Crippen MR) is 339 cm³/mol. The van der Waals surface area contributed by atoms with E-state index in [1.807, 2.05) is 0 Å². The molecular weight excluding hydrogens is 1100 g/mol. The summed E-state index contributed by atoms with van der Waals surface area (Å²) in [4.78, 5) is 124. The molecule has 0 spiro atoms. The summed E-state index contributed by atoms with van der Waals surface area (Å²) in [6.07, 6.45) is 30.7. The van der Waals surface area contributed by atoms with E-state index in [0.29, 0.717) is 110 Å². The van der Waals surface area contributed by atoms with Gasteiger partial charge >= 0.3 is 36.1 Å². The molecule has 1 atom stereocenters. The van der Waals surface area contributed by atoms with Crippen molar-refractivity contribution < 1.29 is 57.4 Å². The Bertz CT molecular complexity index is 1740. The molecule has 0 rings (SSSR count). The van der Waals surface area contributed by atoms with Crippen LogP contribution in [0.2, 0.25) is 0 Å². The molecule has 0 aliphatic carbocycles. The van der Waals surface area contributed by atoms with Gasteiger partial charge in [-0.2, -0.15) is 0 Å². The molecule has 0 aliphatic rings. The molecule has 0 aromatic rings. The molecule has 0 heterocycles. The van der Waals surface area contributed by atoms with Crippen LogP contribution >= 0.6 is 0 Å². The zero-order chi connectivity index (χ0) is 63.5. The van der Waals surface area contributed by atoms with Crippen molar-refractivity contribution >= 4 is 59.7 Å². The molecule has 0 saturated carbocycles. The smallest absolute Gasteiger partial charge is 0.325 e. The Morgan fingerprint density at radius 1 is 0.291 bits per heavy atom. The Balaban J connectivity index is 4.33. The first kappa shape index (κ1) is 80.3. The molecule has 0 radical (unpaired) electrons. The number of esters is 2. The minimum Gasteiger partial charge on any atom is -0.466 e. The average molecular weight is 1220 g/mol. The first-order valence-electron chi connectivity index (χ1n) is 33.5. The summed E-state index contributed by atoms with van der Waals surface area (Å²) in [5, 5.41) is 22.7. The second kappa shape index (κ2) is 58.3. The van der Waals surface area contributed by atoms with Crippen LogP contribution in [0.25, 0.3) is 0 Å². The predicted octanol–water partition coefficient (Wildman–Crippen LogP) is 10.7. The Labute approximate surface area is 517 Å². The monoisotopic (exact) mass is 1220 g/mol. The lowest BCUT2D eigenvalue weighted by Gasteiger charge is -2.22. The van der Waals surface area contributed by atoms with Gasteiger partial charge < -0.3 is 52.0 Å². The fourth-order valence-electron chi connectivity index (χ4n) is 9.68. The van der Waals surface area contributed by atoms with Gasteiger partial charge in [0, 0.05) is 106 Å². The normalized spacial score (nSPS) is 11.2. The Morgan fingerprint density at radius 2 is 0.523 bits per heavy atom. The fraction of sp³-hybridized carbons (Fsp3) is 0.844. The maximum absolute atomic E-state index is 13.1. The van der Waals surface area contributed by atoms with Crippen molar-refractivity contribution in [2.24, 2.45) is 5.92 Å². The van der Waals surface area contributed by atoms with E-state index in [9.17, 15) is 47.9 Å². The van der Waals surface area contributed by atoms with Gasteiger partial charge in [0.05, 0.1) is 13.2 Å². The van der Waals surface area contributed by atoms with Gasteiger partial charge in [0.1, 0.15) is 0 Å². The molecule has 22 heteroatoms. The number of hydrogen-bond donors (Lipinski definition) is 8. The zero-order valence-corrected chi connectivity index (χ0v) is 54.3. The summed E-state index contributed by atoms with van der Waals surface area (Å²) >= 11 is 0. The highest BCUT2D eigenvalue weighted by Crippen LogP contribution is 2.20. The van der Waals surface area contributed by atoms with Crippen molar-refractivity contribution in [3.8, 4) is 0 Å². The van der Waals surface area contributed by atoms with Crippen LogP contribution in [0.5, 0.6) is 0 Å². The number of hydrogen-bond acceptors (Lipinski definition) is 12. The summed E-state index contributed by atoms with van der Waals surface area (Å²) in [5.74, 6) is 0.0885. The standard InChI is InChI=1S/C64H120N10O12/c1-6-58(39-25-37-53-86-60(80)41-24-10-8-20-35-51-74(63(83)71-48-32-17-13-28-44-67-56(4)77)64(84)72-49-33-18-14-29-45-68-57(5)78)38-22-21-36-52-85-59(79)40-23-9-7-19-34-50-73(61(81)69-46-30-15-11-26-42-65-54(2)75)62(82)70-47-31-16-12-27-43-66-55(3)76/h58H,6-53H2,1-5H3,(H,65,75)(H,66,76)(H,67,77)(H,68,78)(H,69,81)(H,70,82)(H,71,83)(H,72,84). The van der Waals surface area contributed by atoms with E-state index in [-0.39, 0.29) is 35.6 Å². The number of carbonyl (C=O) groups is 10. The van der Waals surface area contributed by atoms with E-state index in [1.165, 1.54) is 37.5 Å². The van der Waals surface area contributed by atoms with E-state index in [1.54, 1.807) is 0 Å². The molecule has 0 fully saturated rings. The summed E-state index contributed by atoms with van der Waals surface area (Å²) in [5.41, 5.74) is 0. The maximum Gasteiger partial charge on any atom is 0.325 e. The van der Waals surface area contributed by atoms with Gasteiger partial charge in [-0.25, -0.2) is 29.0 Å². The van der Waals surface area contributed by atoms with Crippen molar-refractivity contribution in [3.63, 3.8) is 0 Å². The third-order valence-electron chi connectivity index (χ3n) is 14.9. The van der Waals surface area contributed by atoms with Crippen molar-refractivity contribution in [2.45, 2.75) is 266 Å². The second-order valence-electron chi connectivity index (χ2n) is 22.9. The first-order chi connectivity index (χ1) is 41.6. The van der Waals surface area contributed by atoms with E-state index >= 15 is 0 Å². The Morgan fingerprint density at radius 3 is 0.814 bits per heavy atom. The topological polar surface area (TPSA) is 292 Å². The van der Waals surface area contributed by atoms with Crippen LogP contribution in [0, 0.1) is 5.92 Å². The summed E-state index contributed by atoms with van der Waals surface area (Å²) in [6, 6.07) is -1.63. The molecule has 8 N–H and O–H groups in total. The number of amides is 12. The van der Waals surface area contributed by atoms with Crippen LogP contribution in [0.1, 0.15) is 266 Å². The van der Waals surface area contributed by atoms with Gasteiger partial charge in [-0.3, -0.25) is 28.8 Å². The number of ether oxygens (including phenoxy) is 2. The molecular formula is C64H120N10O12. The van der Waals surface area contributed by atoms with Crippen LogP contribution in [0.4, 0.5) is 19.2 Å². The maximum atomic E-state index is 13.1. The lowest BCUT2D eigenvalue weighted by Crippen LogP contribution is -2.49. The van der Waals surface area contributed by atoms with Gasteiger partial charge in [0.15, 0.2) is 0 Å². The summed E-state index contributed by atoms with van der Waals surface area (Å²) in [6.45, 7) is 14.1. The van der Waals surface area contributed by atoms with Crippen molar-refractivity contribution in [1.82, 2.24) is 52.3 Å². The number of nitrogens with zero attached hydrogens (tertiary/aromatic N) is 2. The van der Waals surface area contributed by atoms with Crippen LogP contribution in [-0.2, 0) is 38.2 Å². The third-order valence-corrected chi connectivity index (χ3v) is 14.9. The zero-order valence-electron chi connectivity index (χ0n) is 54.3. The van der Waals surface area contributed by atoms with Crippen molar-refractivity contribution in [2.75, 3.05) is 78.7 Å². The Kier molecular flexibility index (Phi) is 54.5. The molecule has 0 bridgehead atoms. The van der Waals surface area contributed by atoms with Crippen LogP contribution < -0.4 is 42.5 Å². The molecule has 1 unspecified atom stereocenters. The SMILES string of the molecule is CCC(CCCCCOC(=O)CCCCCCCN(C(=O)NCCCCCCNC(C)=O)C(=O)NCCCCCCNC(C)=O)CCCCOC(=O)CCCCCCCN(C(=O)NCCCCCCNC(C)=O)C(=O)NCCCCCCNC(C)=O. The van der Waals surface area contributed by atoms with Crippen LogP contribution in [0.3, 0.4) is 0 Å². The minimum absolute atomic E-state index is 0.0426. The molecule has 0 aliphatic heterocycles. The second-order valence-corrected chi connectivity index (χ2v) is 22.9. The molecule has 0 saturated heterocycles. The van der Waals surface area contributed by atoms with Gasteiger partial charge in [-0.05, 0) is 102 Å². The number of nitrogens with one attached hydrogen (secondary N) is 8. The molecule has 12 amide bonds. The Hall–Kier alpha value is -5.70. The lowest BCUT2D eigenvalue weighted by atomic mass is 9.93. The van der Waals surface area contributed by atoms with Crippen LogP contribution in [-0.4, -0.2) is 148 Å². The molecule has 0 aromatic carbocycles. The van der Waals surface area contributed by atoms with Crippen molar-refractivity contribution in [3.05, 3.63) is 0 Å². The number of urea groups is 4. The summed E-state index contributed by atoms with van der Waals surface area (Å²) in [7, 11) is 0. The summed E-state index contributed by atoms with van der Waals surface area (Å²) < 4.78 is 11.1. The number of rotatable bonds is 56. The van der Waals surface area contributed by atoms with Crippen LogP contribution in [0.15, 0.2) is 0 Å². The van der Waals surface area contributed by atoms with E-state index in [4.69, 9.17) is 9.47 Å². The minimum atomic E-state index is -0.407. The number of carbonyl (C=O) groups excluding carboxylic acids is 10. The molecule has 22 nitrogen and oxygen atoms in total. The van der Waals surface area contributed by atoms with Gasteiger partial charge in [0.2, 0.25) is 23.6 Å².